The number of hydrogen-bond donors (Lipinski definition) is 1. The van der Waals surface area contributed by atoms with Gasteiger partial charge in [0.05, 0.1) is 5.69 Å². The van der Waals surface area contributed by atoms with Gasteiger partial charge in [0.2, 0.25) is 5.82 Å². The maximum Gasteiger partial charge on any atom is 0.324 e. The largest absolute Gasteiger partial charge is 0.506 e. The van der Waals surface area contributed by atoms with Crippen LogP contribution in [0.25, 0.3) is 11.4 Å². The molecule has 0 unspecified atom stereocenters. The molecule has 1 aliphatic heterocycles. The Morgan fingerprint density at radius 3 is 2.48 bits per heavy atom. The molecule has 6 nitrogen and oxygen atoms in total. The van der Waals surface area contributed by atoms with E-state index in [0.29, 0.717) is 22.6 Å². The van der Waals surface area contributed by atoms with Crippen molar-refractivity contribution in [2.45, 2.75) is 0 Å². The number of phenols is 1. The quantitative estimate of drug-likeness (QED) is 0.775. The minimum Gasteiger partial charge on any atom is -0.506 e. The first-order valence-electron chi connectivity index (χ1n) is 8.08. The third kappa shape index (κ3) is 3.25. The van der Waals surface area contributed by atoms with Gasteiger partial charge in [-0.3, -0.25) is 0 Å². The van der Waals surface area contributed by atoms with Crippen LogP contribution in [0.5, 0.6) is 5.75 Å². The third-order valence-electron chi connectivity index (χ3n) is 4.27. The van der Waals surface area contributed by atoms with E-state index in [2.05, 4.69) is 19.9 Å². The average molecular weight is 357 g/mol. The van der Waals surface area contributed by atoms with E-state index in [9.17, 15) is 5.11 Å². The normalized spacial score (nSPS) is 14.8. The summed E-state index contributed by atoms with van der Waals surface area (Å²) in [4.78, 5) is 8.69. The van der Waals surface area contributed by atoms with Crippen molar-refractivity contribution in [2.75, 3.05) is 36.0 Å². The van der Waals surface area contributed by atoms with Crippen molar-refractivity contribution in [1.29, 1.82) is 0 Å². The molecule has 7 heteroatoms. The molecule has 4 rings (SSSR count). The highest BCUT2D eigenvalue weighted by Gasteiger charge is 2.23. The van der Waals surface area contributed by atoms with Gasteiger partial charge in [0.15, 0.2) is 0 Å². The SMILES string of the molecule is Oc1ccccc1N1CCN(c2nc(-c3cccc(Cl)c3)no2)CC1. The maximum absolute atomic E-state index is 9.99. The number of para-hydroxylation sites is 2. The van der Waals surface area contributed by atoms with Crippen LogP contribution < -0.4 is 9.80 Å². The van der Waals surface area contributed by atoms with Gasteiger partial charge in [-0.05, 0) is 24.3 Å². The zero-order chi connectivity index (χ0) is 17.2. The molecule has 25 heavy (non-hydrogen) atoms. The average Bonchev–Trinajstić information content (AvgIpc) is 3.13. The van der Waals surface area contributed by atoms with Gasteiger partial charge in [-0.25, -0.2) is 0 Å². The third-order valence-corrected chi connectivity index (χ3v) is 4.51. The van der Waals surface area contributed by atoms with E-state index in [1.807, 2.05) is 42.5 Å². The van der Waals surface area contributed by atoms with Crippen LogP contribution in [0, 0.1) is 0 Å². The lowest BCUT2D eigenvalue weighted by Gasteiger charge is -2.35. The molecule has 0 aliphatic carbocycles. The predicted molar refractivity (Wildman–Crippen MR) is 97.3 cm³/mol. The van der Waals surface area contributed by atoms with Crippen LogP contribution in [-0.2, 0) is 0 Å². The van der Waals surface area contributed by atoms with Crippen molar-refractivity contribution in [3.63, 3.8) is 0 Å². The number of benzene rings is 2. The molecule has 0 amide bonds. The molecule has 3 aromatic rings. The van der Waals surface area contributed by atoms with Gasteiger partial charge >= 0.3 is 6.01 Å². The Kier molecular flexibility index (Phi) is 4.19. The molecule has 128 valence electrons. The Morgan fingerprint density at radius 2 is 1.72 bits per heavy atom. The van der Waals surface area contributed by atoms with Gasteiger partial charge in [0.25, 0.3) is 0 Å². The maximum atomic E-state index is 9.99. The fourth-order valence-corrected chi connectivity index (χ4v) is 3.15. The second-order valence-electron chi connectivity index (χ2n) is 5.87. The zero-order valence-electron chi connectivity index (χ0n) is 13.5. The lowest BCUT2D eigenvalue weighted by molar-refractivity contribution is 0.409. The summed E-state index contributed by atoms with van der Waals surface area (Å²) in [5.41, 5.74) is 1.68. The van der Waals surface area contributed by atoms with Gasteiger partial charge < -0.3 is 19.4 Å². The number of halogens is 1. The fraction of sp³-hybridized carbons (Fsp3) is 0.222. The first-order valence-corrected chi connectivity index (χ1v) is 8.46. The second kappa shape index (κ2) is 6.64. The predicted octanol–water partition coefficient (Wildman–Crippen LogP) is 3.42. The molecular weight excluding hydrogens is 340 g/mol. The van der Waals surface area contributed by atoms with Crippen molar-refractivity contribution in [1.82, 2.24) is 10.1 Å². The Morgan fingerprint density at radius 1 is 0.960 bits per heavy atom. The lowest BCUT2D eigenvalue weighted by Crippen LogP contribution is -2.46. The molecule has 0 bridgehead atoms. The Labute approximate surface area is 150 Å². The number of rotatable bonds is 3. The van der Waals surface area contributed by atoms with E-state index in [1.54, 1.807) is 6.07 Å². The molecule has 1 aromatic heterocycles. The standard InChI is InChI=1S/C18H17ClN4O2/c19-14-5-3-4-13(12-14)17-20-18(25-21-17)23-10-8-22(9-11-23)15-6-1-2-7-16(15)24/h1-7,12,24H,8-11H2. The van der Waals surface area contributed by atoms with E-state index in [-0.39, 0.29) is 0 Å². The molecule has 0 radical (unpaired) electrons. The number of aromatic hydroxyl groups is 1. The summed E-state index contributed by atoms with van der Waals surface area (Å²) < 4.78 is 5.42. The van der Waals surface area contributed by atoms with E-state index in [0.717, 1.165) is 37.4 Å². The smallest absolute Gasteiger partial charge is 0.324 e. The summed E-state index contributed by atoms with van der Waals surface area (Å²) in [6.45, 7) is 3.02. The molecule has 1 saturated heterocycles. The summed E-state index contributed by atoms with van der Waals surface area (Å²) in [5, 5.41) is 14.7. The Balaban J connectivity index is 1.46. The number of hydrogen-bond acceptors (Lipinski definition) is 6. The molecule has 0 spiro atoms. The van der Waals surface area contributed by atoms with Crippen LogP contribution in [0.4, 0.5) is 11.7 Å². The molecule has 2 aromatic carbocycles. The summed E-state index contributed by atoms with van der Waals surface area (Å²) >= 11 is 6.01. The number of aromatic nitrogens is 2. The minimum absolute atomic E-state index is 0.303. The van der Waals surface area contributed by atoms with Crippen molar-refractivity contribution in [3.05, 3.63) is 53.6 Å². The molecule has 1 aliphatic rings. The van der Waals surface area contributed by atoms with E-state index in [1.165, 1.54) is 0 Å². The Hall–Kier alpha value is -2.73. The number of nitrogens with zero attached hydrogens (tertiary/aromatic N) is 4. The highest BCUT2D eigenvalue weighted by molar-refractivity contribution is 6.30. The second-order valence-corrected chi connectivity index (χ2v) is 6.31. The highest BCUT2D eigenvalue weighted by Crippen LogP contribution is 2.28. The number of phenolic OH excluding ortho intramolecular Hbond substituents is 1. The Bertz CT molecular complexity index is 875. The summed E-state index contributed by atoms with van der Waals surface area (Å²) in [6.07, 6.45) is 0. The zero-order valence-corrected chi connectivity index (χ0v) is 14.2. The highest BCUT2D eigenvalue weighted by atomic mass is 35.5. The van der Waals surface area contributed by atoms with Crippen molar-refractivity contribution < 1.29 is 9.63 Å². The van der Waals surface area contributed by atoms with Crippen LogP contribution in [0.3, 0.4) is 0 Å². The van der Waals surface area contributed by atoms with Crippen molar-refractivity contribution in [2.24, 2.45) is 0 Å². The first kappa shape index (κ1) is 15.8. The molecular formula is C18H17ClN4O2. The molecule has 1 fully saturated rings. The van der Waals surface area contributed by atoms with Crippen LogP contribution in [0.1, 0.15) is 0 Å². The summed E-state index contributed by atoms with van der Waals surface area (Å²) in [6, 6.07) is 15.3. The first-order chi connectivity index (χ1) is 12.2. The summed E-state index contributed by atoms with van der Waals surface area (Å²) in [7, 11) is 0. The van der Waals surface area contributed by atoms with E-state index in [4.69, 9.17) is 16.1 Å². The van der Waals surface area contributed by atoms with Crippen molar-refractivity contribution in [3.8, 4) is 17.1 Å². The van der Waals surface area contributed by atoms with Gasteiger partial charge in [-0.1, -0.05) is 41.0 Å². The van der Waals surface area contributed by atoms with E-state index < -0.39 is 0 Å². The summed E-state index contributed by atoms with van der Waals surface area (Å²) in [5.74, 6) is 0.831. The van der Waals surface area contributed by atoms with Crippen molar-refractivity contribution >= 4 is 23.3 Å². The van der Waals surface area contributed by atoms with Crippen LogP contribution in [-0.4, -0.2) is 41.4 Å². The van der Waals surface area contributed by atoms with Gasteiger partial charge in [-0.2, -0.15) is 4.98 Å². The number of anilines is 2. The number of piperazine rings is 1. The van der Waals surface area contributed by atoms with Gasteiger partial charge in [0.1, 0.15) is 5.75 Å². The van der Waals surface area contributed by atoms with E-state index >= 15 is 0 Å². The van der Waals surface area contributed by atoms with Crippen LogP contribution >= 0.6 is 11.6 Å². The topological polar surface area (TPSA) is 65.6 Å². The van der Waals surface area contributed by atoms with Gasteiger partial charge in [-0.15, -0.1) is 0 Å². The van der Waals surface area contributed by atoms with Crippen LogP contribution in [0.2, 0.25) is 5.02 Å². The molecule has 1 N–H and O–H groups in total. The molecule has 0 atom stereocenters. The van der Waals surface area contributed by atoms with Gasteiger partial charge in [0, 0.05) is 36.8 Å². The molecule has 2 heterocycles. The minimum atomic E-state index is 0.303. The lowest BCUT2D eigenvalue weighted by atomic mass is 10.2. The fourth-order valence-electron chi connectivity index (χ4n) is 2.96. The monoisotopic (exact) mass is 356 g/mol. The van der Waals surface area contributed by atoms with Crippen LogP contribution in [0.15, 0.2) is 53.1 Å². The molecule has 0 saturated carbocycles.